The molecule has 0 spiro atoms. The van der Waals surface area contributed by atoms with Gasteiger partial charge in [-0.25, -0.2) is 0 Å². The summed E-state index contributed by atoms with van der Waals surface area (Å²) < 4.78 is 10.3. The molecule has 24 heavy (non-hydrogen) atoms. The first kappa shape index (κ1) is 15.8. The van der Waals surface area contributed by atoms with Gasteiger partial charge in [-0.1, -0.05) is 47.6 Å². The third-order valence-corrected chi connectivity index (χ3v) is 3.71. The van der Waals surface area contributed by atoms with E-state index >= 15 is 0 Å². The minimum absolute atomic E-state index is 0.196. The molecule has 0 aliphatic heterocycles. The van der Waals surface area contributed by atoms with Crippen molar-refractivity contribution in [2.24, 2.45) is 0 Å². The topological polar surface area (TPSA) is 64.4 Å². The van der Waals surface area contributed by atoms with E-state index in [0.29, 0.717) is 5.69 Å². The molecule has 2 aromatic carbocycles. The van der Waals surface area contributed by atoms with Gasteiger partial charge < -0.3 is 14.6 Å². The molecular formula is C19H18N2O3. The molecule has 0 saturated carbocycles. The monoisotopic (exact) mass is 322 g/mol. The molecule has 1 N–H and O–H groups in total. The molecule has 0 bridgehead atoms. The number of benzene rings is 2. The van der Waals surface area contributed by atoms with Crippen molar-refractivity contribution in [3.63, 3.8) is 0 Å². The minimum Gasteiger partial charge on any atom is -0.497 e. The van der Waals surface area contributed by atoms with Gasteiger partial charge in [0, 0.05) is 6.07 Å². The van der Waals surface area contributed by atoms with Gasteiger partial charge in [0.2, 0.25) is 5.76 Å². The summed E-state index contributed by atoms with van der Waals surface area (Å²) in [4.78, 5) is 12.5. The van der Waals surface area contributed by atoms with Crippen LogP contribution in [0.4, 0.5) is 0 Å². The number of carbonyl (C=O) groups excluding carboxylic acids is 1. The summed E-state index contributed by atoms with van der Waals surface area (Å²) in [6.07, 6.45) is 0. The van der Waals surface area contributed by atoms with Gasteiger partial charge in [-0.2, -0.15) is 0 Å². The smallest absolute Gasteiger partial charge is 0.290 e. The summed E-state index contributed by atoms with van der Waals surface area (Å²) in [5.41, 5.74) is 2.60. The minimum atomic E-state index is -0.305. The quantitative estimate of drug-likeness (QED) is 0.781. The maximum absolute atomic E-state index is 12.5. The van der Waals surface area contributed by atoms with Crippen LogP contribution in [0.3, 0.4) is 0 Å². The van der Waals surface area contributed by atoms with Crippen molar-refractivity contribution in [3.8, 4) is 5.75 Å². The largest absolute Gasteiger partial charge is 0.497 e. The second-order valence-corrected chi connectivity index (χ2v) is 5.42. The lowest BCUT2D eigenvalue weighted by molar-refractivity contribution is 0.0905. The number of hydrogen-bond acceptors (Lipinski definition) is 4. The van der Waals surface area contributed by atoms with Gasteiger partial charge in [-0.15, -0.1) is 0 Å². The molecule has 3 rings (SSSR count). The Morgan fingerprint density at radius 3 is 2.33 bits per heavy atom. The normalized spacial score (nSPS) is 11.8. The number of hydrogen-bond donors (Lipinski definition) is 1. The molecule has 1 amide bonds. The van der Waals surface area contributed by atoms with Crippen LogP contribution in [0.2, 0.25) is 0 Å². The van der Waals surface area contributed by atoms with Gasteiger partial charge in [-0.3, -0.25) is 4.79 Å². The van der Waals surface area contributed by atoms with Crippen molar-refractivity contribution in [2.45, 2.75) is 13.0 Å². The highest BCUT2D eigenvalue weighted by molar-refractivity contribution is 5.92. The predicted molar refractivity (Wildman–Crippen MR) is 90.0 cm³/mol. The standard InChI is InChI=1S/C19H18N2O3/c1-13-12-17(24-21-13)19(22)20-18(14-6-4-3-5-7-14)15-8-10-16(23-2)11-9-15/h3-12,18H,1-2H3,(H,20,22). The lowest BCUT2D eigenvalue weighted by Gasteiger charge is -2.19. The summed E-state index contributed by atoms with van der Waals surface area (Å²) >= 11 is 0. The third-order valence-electron chi connectivity index (χ3n) is 3.71. The number of methoxy groups -OCH3 is 1. The molecular weight excluding hydrogens is 304 g/mol. The van der Waals surface area contributed by atoms with Crippen LogP contribution in [0.25, 0.3) is 0 Å². The molecule has 0 saturated heterocycles. The number of rotatable bonds is 5. The number of carbonyl (C=O) groups is 1. The Hall–Kier alpha value is -3.08. The van der Waals surface area contributed by atoms with Gasteiger partial charge in [0.05, 0.1) is 18.8 Å². The van der Waals surface area contributed by atoms with Gasteiger partial charge >= 0.3 is 0 Å². The third kappa shape index (κ3) is 3.46. The first-order chi connectivity index (χ1) is 11.7. The Balaban J connectivity index is 1.91. The SMILES string of the molecule is COc1ccc(C(NC(=O)c2cc(C)no2)c2ccccc2)cc1. The average Bonchev–Trinajstić information content (AvgIpc) is 3.07. The van der Waals surface area contributed by atoms with E-state index in [1.807, 2.05) is 54.6 Å². The molecule has 0 fully saturated rings. The van der Waals surface area contributed by atoms with Crippen molar-refractivity contribution >= 4 is 5.91 Å². The molecule has 0 aliphatic carbocycles. The zero-order valence-corrected chi connectivity index (χ0v) is 13.5. The zero-order chi connectivity index (χ0) is 16.9. The maximum Gasteiger partial charge on any atom is 0.290 e. The van der Waals surface area contributed by atoms with Crippen LogP contribution < -0.4 is 10.1 Å². The Morgan fingerprint density at radius 2 is 1.75 bits per heavy atom. The van der Waals surface area contributed by atoms with Crippen LogP contribution in [-0.4, -0.2) is 18.2 Å². The number of ether oxygens (including phenoxy) is 1. The highest BCUT2D eigenvalue weighted by Gasteiger charge is 2.20. The van der Waals surface area contributed by atoms with E-state index in [4.69, 9.17) is 9.26 Å². The fourth-order valence-electron chi connectivity index (χ4n) is 2.47. The summed E-state index contributed by atoms with van der Waals surface area (Å²) in [5.74, 6) is 0.657. The number of amides is 1. The number of aryl methyl sites for hydroxylation is 1. The highest BCUT2D eigenvalue weighted by atomic mass is 16.5. The highest BCUT2D eigenvalue weighted by Crippen LogP contribution is 2.24. The van der Waals surface area contributed by atoms with Crippen molar-refractivity contribution in [1.82, 2.24) is 10.5 Å². The Bertz CT molecular complexity index is 810. The maximum atomic E-state index is 12.5. The molecule has 1 aromatic heterocycles. The van der Waals surface area contributed by atoms with E-state index in [1.165, 1.54) is 0 Å². The van der Waals surface area contributed by atoms with E-state index in [0.717, 1.165) is 16.9 Å². The summed E-state index contributed by atoms with van der Waals surface area (Å²) in [5, 5.41) is 6.76. The molecule has 5 nitrogen and oxygen atoms in total. The lowest BCUT2D eigenvalue weighted by atomic mass is 9.98. The van der Waals surface area contributed by atoms with E-state index in [9.17, 15) is 4.79 Å². The molecule has 3 aromatic rings. The molecule has 1 atom stereocenters. The number of nitrogens with one attached hydrogen (secondary N) is 1. The molecule has 5 heteroatoms. The van der Waals surface area contributed by atoms with Gasteiger partial charge in [-0.05, 0) is 30.2 Å². The summed E-state index contributed by atoms with van der Waals surface area (Å²) in [6.45, 7) is 1.78. The van der Waals surface area contributed by atoms with Crippen molar-refractivity contribution in [3.05, 3.63) is 83.2 Å². The first-order valence-electron chi connectivity index (χ1n) is 7.60. The molecule has 122 valence electrons. The van der Waals surface area contributed by atoms with Crippen molar-refractivity contribution < 1.29 is 14.1 Å². The van der Waals surface area contributed by atoms with Gasteiger partial charge in [0.25, 0.3) is 5.91 Å². The molecule has 1 heterocycles. The van der Waals surface area contributed by atoms with Crippen molar-refractivity contribution in [1.29, 1.82) is 0 Å². The Kier molecular flexibility index (Phi) is 4.61. The first-order valence-corrected chi connectivity index (χ1v) is 7.60. The zero-order valence-electron chi connectivity index (χ0n) is 13.5. The Labute approximate surface area is 140 Å². The lowest BCUT2D eigenvalue weighted by Crippen LogP contribution is -2.29. The average molecular weight is 322 g/mol. The number of nitrogens with zero attached hydrogens (tertiary/aromatic N) is 1. The molecule has 1 unspecified atom stereocenters. The van der Waals surface area contributed by atoms with E-state index < -0.39 is 0 Å². The summed E-state index contributed by atoms with van der Waals surface area (Å²) in [7, 11) is 1.62. The van der Waals surface area contributed by atoms with Crippen LogP contribution in [-0.2, 0) is 0 Å². The van der Waals surface area contributed by atoms with Crippen LogP contribution in [0, 0.1) is 6.92 Å². The predicted octanol–water partition coefficient (Wildman–Crippen LogP) is 3.51. The fourth-order valence-corrected chi connectivity index (χ4v) is 2.47. The fraction of sp³-hybridized carbons (Fsp3) is 0.158. The number of aromatic nitrogens is 1. The van der Waals surface area contributed by atoms with Crippen LogP contribution in [0.15, 0.2) is 65.2 Å². The molecule has 0 aliphatic rings. The van der Waals surface area contributed by atoms with Crippen LogP contribution in [0.1, 0.15) is 33.4 Å². The van der Waals surface area contributed by atoms with Gasteiger partial charge in [0.1, 0.15) is 5.75 Å². The molecule has 0 radical (unpaired) electrons. The van der Waals surface area contributed by atoms with Crippen LogP contribution in [0.5, 0.6) is 5.75 Å². The second kappa shape index (κ2) is 7.00. The van der Waals surface area contributed by atoms with E-state index in [2.05, 4.69) is 10.5 Å². The van der Waals surface area contributed by atoms with Gasteiger partial charge in [0.15, 0.2) is 0 Å². The van der Waals surface area contributed by atoms with Crippen molar-refractivity contribution in [2.75, 3.05) is 7.11 Å². The summed E-state index contributed by atoms with van der Waals surface area (Å²) in [6, 6.07) is 18.7. The second-order valence-electron chi connectivity index (χ2n) is 5.42. The van der Waals surface area contributed by atoms with E-state index in [-0.39, 0.29) is 17.7 Å². The van der Waals surface area contributed by atoms with Crippen LogP contribution >= 0.6 is 0 Å². The Morgan fingerprint density at radius 1 is 1.08 bits per heavy atom. The van der Waals surface area contributed by atoms with E-state index in [1.54, 1.807) is 20.1 Å².